The van der Waals surface area contributed by atoms with E-state index in [0.29, 0.717) is 76.2 Å². The Hall–Kier alpha value is -5.45. The molecule has 4 unspecified atom stereocenters. The van der Waals surface area contributed by atoms with E-state index in [2.05, 4.69) is 49.7 Å². The molecular weight excluding hydrogens is 1370 g/mol. The normalized spacial score (nSPS) is 19.4. The number of aliphatic hydroxyl groups is 1. The number of hydrogen-bond acceptors (Lipinski definition) is 11. The van der Waals surface area contributed by atoms with Crippen LogP contribution in [0.25, 0.3) is 45.0 Å². The minimum atomic E-state index is -1.10. The number of benzene rings is 4. The van der Waals surface area contributed by atoms with Crippen LogP contribution in [0.2, 0.25) is 40.7 Å². The van der Waals surface area contributed by atoms with Gasteiger partial charge in [0.2, 0.25) is 11.8 Å². The molecule has 2 amide bonds. The Balaban J connectivity index is 0.000000156. The molecule has 4 aromatic heterocycles. The Morgan fingerprint density at radius 2 is 0.967 bits per heavy atom. The molecule has 4 atom stereocenters. The van der Waals surface area contributed by atoms with Crippen LogP contribution in [0.3, 0.4) is 0 Å². The van der Waals surface area contributed by atoms with E-state index >= 15 is 0 Å². The molecule has 3 aliphatic rings. The molecule has 0 aliphatic carbocycles. The third-order valence-electron chi connectivity index (χ3n) is 15.1. The highest BCUT2D eigenvalue weighted by Gasteiger charge is 2.35. The summed E-state index contributed by atoms with van der Waals surface area (Å²) in [5.74, 6) is -2.82. The monoisotopic (exact) mass is 1420 g/mol. The van der Waals surface area contributed by atoms with Crippen molar-refractivity contribution in [3.63, 3.8) is 0 Å². The van der Waals surface area contributed by atoms with Gasteiger partial charge in [-0.3, -0.25) is 9.59 Å². The number of nitrogens with zero attached hydrogens (tertiary/aromatic N) is 4. The molecule has 480 valence electrons. The molecule has 11 rings (SSSR count). The molecule has 0 saturated carbocycles. The largest absolute Gasteiger partial charge is 0.394 e. The van der Waals surface area contributed by atoms with Gasteiger partial charge in [-0.25, -0.2) is 37.5 Å². The number of nitrogens with one attached hydrogen (secondary N) is 3. The highest BCUT2D eigenvalue weighted by molar-refractivity contribution is 6.33. The predicted molar refractivity (Wildman–Crippen MR) is 352 cm³/mol. The third-order valence-corrected chi connectivity index (χ3v) is 17.3. The first-order chi connectivity index (χ1) is 43.1. The lowest BCUT2D eigenvalue weighted by atomic mass is 9.78. The Morgan fingerprint density at radius 1 is 0.560 bits per heavy atom. The maximum Gasteiger partial charge on any atom is 0.246 e. The molecule has 3 aliphatic heterocycles. The second-order valence-corrected chi connectivity index (χ2v) is 25.8. The number of halogens is 13. The zero-order chi connectivity index (χ0) is 66.0. The number of rotatable bonds is 11. The van der Waals surface area contributed by atoms with E-state index in [1.54, 1.807) is 55.5 Å². The zero-order valence-corrected chi connectivity index (χ0v) is 55.8. The first kappa shape index (κ1) is 71.4. The Bertz CT molecular complexity index is 3840. The third kappa shape index (κ3) is 18.5. The Kier molecular flexibility index (Phi) is 24.5. The summed E-state index contributed by atoms with van der Waals surface area (Å²) in [5.41, 5.74) is 6.07. The van der Waals surface area contributed by atoms with Crippen LogP contribution in [-0.2, 0) is 45.8 Å². The fourth-order valence-corrected chi connectivity index (χ4v) is 11.6. The van der Waals surface area contributed by atoms with Crippen LogP contribution >= 0.6 is 104 Å². The van der Waals surface area contributed by atoms with Gasteiger partial charge in [-0.1, -0.05) is 99.7 Å². The lowest BCUT2D eigenvalue weighted by Crippen LogP contribution is -2.52. The summed E-state index contributed by atoms with van der Waals surface area (Å²) in [6, 6.07) is 31.8. The van der Waals surface area contributed by atoms with E-state index in [4.69, 9.17) is 119 Å². The molecule has 7 heterocycles. The summed E-state index contributed by atoms with van der Waals surface area (Å²) in [4.78, 5) is 40.3. The smallest absolute Gasteiger partial charge is 0.246 e. The van der Waals surface area contributed by atoms with Crippen LogP contribution < -0.4 is 16.0 Å². The number of morpholine rings is 2. The van der Waals surface area contributed by atoms with Crippen molar-refractivity contribution in [2.24, 2.45) is 0 Å². The van der Waals surface area contributed by atoms with Crippen molar-refractivity contribution in [1.82, 2.24) is 35.9 Å². The van der Waals surface area contributed by atoms with Crippen molar-refractivity contribution in [3.05, 3.63) is 208 Å². The minimum absolute atomic E-state index is 0.00587. The quantitative estimate of drug-likeness (QED) is 0.0552. The maximum absolute atomic E-state index is 13.3. The van der Waals surface area contributed by atoms with Crippen molar-refractivity contribution in [1.29, 1.82) is 0 Å². The van der Waals surface area contributed by atoms with Gasteiger partial charge in [-0.2, -0.15) is 0 Å². The summed E-state index contributed by atoms with van der Waals surface area (Å²) >= 11 is 53.4. The van der Waals surface area contributed by atoms with Gasteiger partial charge in [0.15, 0.2) is 0 Å². The van der Waals surface area contributed by atoms with Crippen molar-refractivity contribution in [2.75, 3.05) is 58.7 Å². The molecule has 8 aromatic rings. The van der Waals surface area contributed by atoms with E-state index in [-0.39, 0.29) is 66.4 Å². The first-order valence-electron chi connectivity index (χ1n) is 27.9. The van der Waals surface area contributed by atoms with Gasteiger partial charge in [0, 0.05) is 40.8 Å². The molecule has 3 saturated heterocycles. The summed E-state index contributed by atoms with van der Waals surface area (Å²) in [6.07, 6.45) is 2.06. The van der Waals surface area contributed by atoms with E-state index in [0.717, 1.165) is 53.8 Å². The number of hydrogen-bond donors (Lipinski definition) is 4. The number of ether oxygens (including phenoxy) is 3. The lowest BCUT2D eigenvalue weighted by Gasteiger charge is -2.35. The van der Waals surface area contributed by atoms with Crippen LogP contribution in [0, 0.1) is 23.3 Å². The Morgan fingerprint density at radius 3 is 1.36 bits per heavy atom. The second-order valence-electron chi connectivity index (χ2n) is 22.3. The molecule has 3 fully saturated rings. The second kappa shape index (κ2) is 31.2. The van der Waals surface area contributed by atoms with E-state index < -0.39 is 40.3 Å². The highest BCUT2D eigenvalue weighted by Crippen LogP contribution is 2.38. The van der Waals surface area contributed by atoms with E-state index in [1.165, 1.54) is 48.5 Å². The van der Waals surface area contributed by atoms with E-state index in [9.17, 15) is 32.3 Å². The molecule has 26 heteroatoms. The summed E-state index contributed by atoms with van der Waals surface area (Å²) in [6.45, 7) is 11.2. The van der Waals surface area contributed by atoms with Crippen molar-refractivity contribution < 1.29 is 46.5 Å². The molecule has 91 heavy (non-hydrogen) atoms. The molecule has 0 bridgehead atoms. The van der Waals surface area contributed by atoms with Crippen LogP contribution in [0.1, 0.15) is 62.8 Å². The number of carbonyl (C=O) groups excluding carboxylic acids is 2. The zero-order valence-electron chi connectivity index (χ0n) is 49.0. The molecule has 0 spiro atoms. The topological polar surface area (TPSA) is 170 Å². The number of amides is 2. The van der Waals surface area contributed by atoms with Crippen LogP contribution in [0.15, 0.2) is 121 Å². The highest BCUT2D eigenvalue weighted by atomic mass is 35.5. The van der Waals surface area contributed by atoms with Gasteiger partial charge in [0.25, 0.3) is 0 Å². The van der Waals surface area contributed by atoms with Gasteiger partial charge >= 0.3 is 0 Å². The molecular formula is C65H58Cl9F4N7O6. The number of pyridine rings is 4. The minimum Gasteiger partial charge on any atom is -0.394 e. The van der Waals surface area contributed by atoms with Gasteiger partial charge in [0.1, 0.15) is 56.4 Å². The van der Waals surface area contributed by atoms with Gasteiger partial charge < -0.3 is 35.3 Å². The van der Waals surface area contributed by atoms with Crippen molar-refractivity contribution >= 4 is 116 Å². The van der Waals surface area contributed by atoms with Gasteiger partial charge in [0.05, 0.1) is 92.5 Å². The summed E-state index contributed by atoms with van der Waals surface area (Å²) in [5, 5.41) is 20.0. The SMILES string of the molecule is CC(CO)(NC(=O)CCl)c1cc(Cl)nc(-c2ccc(F)c(Cl)c2)c1.CC1(c2cc(Cl)nc(-c3ccc(F)c(Cl)c3)c2)CCCOC1.CC1(c2cc(Cl)nc(-c3ccc(F)c(Cl)c3)c2)COCC(=O)N1.CC1(c2cc(Cl)nc(-c3ccc(F)c(Cl)c3)c2)COCCN1. The van der Waals surface area contributed by atoms with Gasteiger partial charge in [-0.15, -0.1) is 11.6 Å². The lowest BCUT2D eigenvalue weighted by molar-refractivity contribution is -0.135. The fraction of sp³-hybridized carbons (Fsp3) is 0.292. The van der Waals surface area contributed by atoms with E-state index in [1.807, 2.05) is 31.2 Å². The first-order valence-corrected chi connectivity index (χ1v) is 31.5. The number of aliphatic hydroxyl groups excluding tert-OH is 1. The summed E-state index contributed by atoms with van der Waals surface area (Å²) < 4.78 is 69.8. The summed E-state index contributed by atoms with van der Waals surface area (Å²) in [7, 11) is 0. The van der Waals surface area contributed by atoms with Crippen molar-refractivity contribution in [3.8, 4) is 45.0 Å². The molecule has 0 radical (unpaired) electrons. The number of alkyl halides is 1. The van der Waals surface area contributed by atoms with Crippen LogP contribution in [0.5, 0.6) is 0 Å². The standard InChI is InChI=1S/C17H16Cl2FNO.C16H14Cl3FN2O2.C16H13Cl2FN2O2.C16H15Cl2FN2O/c1-17(5-2-6-22-10-17)12-8-15(21-16(19)9-12)11-3-4-14(20)13(18)7-11;1-16(8-23,22-15(24)7-17)10-5-13(21-14(19)6-10)9-2-3-12(20)11(18)4-9;1-16(8-23-7-15(22)21-16)10-5-13(20-14(18)6-10)9-2-3-12(19)11(17)4-9;1-16(9-22-5-4-20-16)11-7-14(21-15(18)8-11)10-2-3-13(19)12(17)6-10/h3-4,7-9H,2,5-6,10H2,1H3;2-6,23H,7-8H2,1H3,(H,22,24);2-6H,7-8H2,1H3,(H,21,22);2-3,6-8,20H,4-5,9H2,1H3. The average Bonchev–Trinajstić information content (AvgIpc) is 0.871. The van der Waals surface area contributed by atoms with Crippen molar-refractivity contribution in [2.45, 2.75) is 62.6 Å². The fourth-order valence-electron chi connectivity index (χ4n) is 10.0. The van der Waals surface area contributed by atoms with Crippen LogP contribution in [-0.4, -0.2) is 95.5 Å². The number of aromatic nitrogens is 4. The molecule has 4 N–H and O–H groups in total. The Labute approximate surface area is 568 Å². The molecule has 13 nitrogen and oxygen atoms in total. The maximum atomic E-state index is 13.3. The van der Waals surface area contributed by atoms with Crippen LogP contribution in [0.4, 0.5) is 17.6 Å². The predicted octanol–water partition coefficient (Wildman–Crippen LogP) is 16.6. The average molecular weight is 1430 g/mol. The van der Waals surface area contributed by atoms with Gasteiger partial charge in [-0.05, 0) is 177 Å². The number of carbonyl (C=O) groups is 2. The molecule has 4 aromatic carbocycles.